The summed E-state index contributed by atoms with van der Waals surface area (Å²) >= 11 is 0. The minimum absolute atomic E-state index is 0.119. The molecule has 0 unspecified atom stereocenters. The molecule has 17 heavy (non-hydrogen) atoms. The smallest absolute Gasteiger partial charge is 0.331 e. The van der Waals surface area contributed by atoms with Crippen molar-refractivity contribution in [3.8, 4) is 17.2 Å². The molecule has 0 atom stereocenters. The number of benzene rings is 1. The van der Waals surface area contributed by atoms with Crippen LogP contribution in [-0.2, 0) is 4.79 Å². The zero-order valence-electron chi connectivity index (χ0n) is 9.81. The summed E-state index contributed by atoms with van der Waals surface area (Å²) in [5.74, 6) is -1.14. The van der Waals surface area contributed by atoms with E-state index in [4.69, 9.17) is 14.6 Å². The summed E-state index contributed by atoms with van der Waals surface area (Å²) in [6.07, 6.45) is 1.44. The van der Waals surface area contributed by atoms with E-state index in [9.17, 15) is 9.90 Å². The molecule has 0 aliphatic rings. The number of methoxy groups -OCH3 is 2. The van der Waals surface area contributed by atoms with Crippen LogP contribution in [0.2, 0.25) is 0 Å². The van der Waals surface area contributed by atoms with Gasteiger partial charge in [-0.2, -0.15) is 0 Å². The van der Waals surface area contributed by atoms with Crippen LogP contribution < -0.4 is 14.6 Å². The molecule has 1 aromatic carbocycles. The van der Waals surface area contributed by atoms with E-state index in [1.165, 1.54) is 39.4 Å². The van der Waals surface area contributed by atoms with Gasteiger partial charge in [-0.15, -0.1) is 0 Å². The highest BCUT2D eigenvalue weighted by Gasteiger charge is 2.05. The lowest BCUT2D eigenvalue weighted by molar-refractivity contribution is -0.271. The van der Waals surface area contributed by atoms with Crippen molar-refractivity contribution in [2.45, 2.75) is 6.92 Å². The van der Waals surface area contributed by atoms with Crippen LogP contribution in [0.5, 0.6) is 17.2 Å². The highest BCUT2D eigenvalue weighted by molar-refractivity contribution is 5.91. The Kier molecular flexibility index (Phi) is 3.98. The second-order valence-corrected chi connectivity index (χ2v) is 3.39. The van der Waals surface area contributed by atoms with Crippen molar-refractivity contribution in [1.82, 2.24) is 0 Å². The molecule has 0 heterocycles. The van der Waals surface area contributed by atoms with E-state index in [-0.39, 0.29) is 22.8 Å². The third kappa shape index (κ3) is 2.90. The van der Waals surface area contributed by atoms with Crippen LogP contribution >= 0.6 is 0 Å². The molecule has 0 aliphatic heterocycles. The lowest BCUT2D eigenvalue weighted by Gasteiger charge is -2.17. The van der Waals surface area contributed by atoms with E-state index in [2.05, 4.69) is 0 Å². The van der Waals surface area contributed by atoms with Crippen molar-refractivity contribution in [1.29, 1.82) is 0 Å². The third-order valence-corrected chi connectivity index (χ3v) is 2.20. The van der Waals surface area contributed by atoms with Gasteiger partial charge in [-0.05, 0) is 36.4 Å². The Morgan fingerprint density at radius 2 is 1.76 bits per heavy atom. The molecule has 0 amide bonds. The molecule has 1 aromatic rings. The summed E-state index contributed by atoms with van der Waals surface area (Å²) in [6.45, 7) is 1.46. The highest BCUT2D eigenvalue weighted by Crippen LogP contribution is 2.35. The molecule has 92 valence electrons. The van der Waals surface area contributed by atoms with E-state index in [0.717, 1.165) is 0 Å². The fraction of sp³-hybridized carbons (Fsp3) is 0.250. The average molecular weight is 237 g/mol. The van der Waals surface area contributed by atoms with Crippen molar-refractivity contribution in [2.24, 2.45) is 0 Å². The van der Waals surface area contributed by atoms with Crippen LogP contribution in [0.1, 0.15) is 12.5 Å². The van der Waals surface area contributed by atoms with Crippen molar-refractivity contribution in [2.75, 3.05) is 14.2 Å². The lowest BCUT2D eigenvalue weighted by Crippen LogP contribution is -2.00. The third-order valence-electron chi connectivity index (χ3n) is 2.20. The van der Waals surface area contributed by atoms with Crippen LogP contribution in [0.15, 0.2) is 17.7 Å². The molecule has 5 heteroatoms. The number of hydrogen-bond donors (Lipinski definition) is 1. The molecular formula is C12H13O5-. The first-order valence-electron chi connectivity index (χ1n) is 4.84. The Balaban J connectivity index is 3.27. The maximum absolute atomic E-state index is 11.6. The molecule has 0 saturated heterocycles. The Morgan fingerprint density at radius 1 is 1.29 bits per heavy atom. The Morgan fingerprint density at radius 3 is 2.12 bits per heavy atom. The standard InChI is InChI=1S/C12H14O5/c1-7(12(14)15)4-8-5-9(16-2)11(13)10(6-8)17-3/h4-6,13H,1-3H3,(H,14,15)/p-1/b7-4+. The lowest BCUT2D eigenvalue weighted by atomic mass is 10.1. The van der Waals surface area contributed by atoms with Gasteiger partial charge in [0, 0.05) is 5.57 Å². The quantitative estimate of drug-likeness (QED) is 0.797. The monoisotopic (exact) mass is 237 g/mol. The Labute approximate surface area is 98.9 Å². The van der Waals surface area contributed by atoms with Gasteiger partial charge in [0.2, 0.25) is 0 Å². The summed E-state index contributed by atoms with van der Waals surface area (Å²) in [6, 6.07) is 2.94. The van der Waals surface area contributed by atoms with Crippen molar-refractivity contribution >= 4 is 12.0 Å². The number of carboxylic acid groups (broad SMARTS) is 1. The van der Waals surface area contributed by atoms with Crippen LogP contribution in [0, 0.1) is 0 Å². The molecule has 1 rings (SSSR count). The predicted octanol–water partition coefficient (Wildman–Crippen LogP) is 1.27. The maximum Gasteiger partial charge on any atom is 0.331 e. The molecule has 0 aliphatic carbocycles. The van der Waals surface area contributed by atoms with Gasteiger partial charge >= 0.3 is 5.97 Å². The number of hydrogen-bond acceptors (Lipinski definition) is 4. The Hall–Kier alpha value is -2.17. The van der Waals surface area contributed by atoms with E-state index >= 15 is 0 Å². The SMILES string of the molecule is COc1cc(/C=C(\C)C(=O)O)cc(OC)c1[O-]. The van der Waals surface area contributed by atoms with E-state index in [1.807, 2.05) is 0 Å². The number of aliphatic carboxylic acids is 1. The van der Waals surface area contributed by atoms with Gasteiger partial charge in [0.1, 0.15) is 11.5 Å². The molecule has 0 bridgehead atoms. The van der Waals surface area contributed by atoms with Crippen LogP contribution in [0.3, 0.4) is 0 Å². The minimum Gasteiger partial charge on any atom is -0.867 e. The topological polar surface area (TPSA) is 78.8 Å². The van der Waals surface area contributed by atoms with Crippen molar-refractivity contribution in [3.63, 3.8) is 0 Å². The normalized spacial score (nSPS) is 11.1. The summed E-state index contributed by atoms with van der Waals surface area (Å²) in [4.78, 5) is 10.7. The molecule has 0 saturated carbocycles. The summed E-state index contributed by atoms with van der Waals surface area (Å²) in [7, 11) is 2.74. The predicted molar refractivity (Wildman–Crippen MR) is 60.3 cm³/mol. The molecule has 1 N–H and O–H groups in total. The number of carbonyl (C=O) groups is 1. The molecule has 0 spiro atoms. The van der Waals surface area contributed by atoms with Crippen LogP contribution in [0.25, 0.3) is 6.08 Å². The van der Waals surface area contributed by atoms with Crippen molar-refractivity contribution < 1.29 is 24.5 Å². The minimum atomic E-state index is -1.02. The second kappa shape index (κ2) is 5.25. The zero-order chi connectivity index (χ0) is 13.0. The molecule has 5 nitrogen and oxygen atoms in total. The van der Waals surface area contributed by atoms with Gasteiger partial charge in [0.25, 0.3) is 0 Å². The van der Waals surface area contributed by atoms with Gasteiger partial charge in [-0.1, -0.05) is 0 Å². The van der Waals surface area contributed by atoms with Gasteiger partial charge in [-0.25, -0.2) is 4.79 Å². The van der Waals surface area contributed by atoms with Gasteiger partial charge in [-0.3, -0.25) is 0 Å². The zero-order valence-corrected chi connectivity index (χ0v) is 9.81. The van der Waals surface area contributed by atoms with E-state index < -0.39 is 5.97 Å². The fourth-order valence-corrected chi connectivity index (χ4v) is 1.30. The largest absolute Gasteiger partial charge is 0.867 e. The number of carboxylic acids is 1. The van der Waals surface area contributed by atoms with Crippen LogP contribution in [-0.4, -0.2) is 25.3 Å². The molecule has 0 fully saturated rings. The van der Waals surface area contributed by atoms with E-state index in [0.29, 0.717) is 5.56 Å². The molecule has 0 radical (unpaired) electrons. The number of rotatable bonds is 4. The van der Waals surface area contributed by atoms with Gasteiger partial charge in [0.05, 0.1) is 14.2 Å². The van der Waals surface area contributed by atoms with E-state index in [1.54, 1.807) is 0 Å². The molecular weight excluding hydrogens is 224 g/mol. The summed E-state index contributed by atoms with van der Waals surface area (Å²) in [5, 5.41) is 20.4. The highest BCUT2D eigenvalue weighted by atomic mass is 16.5. The summed E-state index contributed by atoms with van der Waals surface area (Å²) in [5.41, 5.74) is 0.700. The molecule has 0 aromatic heterocycles. The van der Waals surface area contributed by atoms with Crippen LogP contribution in [0.4, 0.5) is 0 Å². The fourth-order valence-electron chi connectivity index (χ4n) is 1.30. The summed E-state index contributed by atoms with van der Waals surface area (Å²) < 4.78 is 9.80. The second-order valence-electron chi connectivity index (χ2n) is 3.39. The van der Waals surface area contributed by atoms with Crippen molar-refractivity contribution in [3.05, 3.63) is 23.3 Å². The maximum atomic E-state index is 11.6. The van der Waals surface area contributed by atoms with Gasteiger partial charge < -0.3 is 19.7 Å². The first-order chi connectivity index (χ1) is 7.99. The number of ether oxygens (including phenoxy) is 2. The first kappa shape index (κ1) is 12.9. The van der Waals surface area contributed by atoms with Gasteiger partial charge in [0.15, 0.2) is 0 Å². The first-order valence-corrected chi connectivity index (χ1v) is 4.84. The average Bonchev–Trinajstić information content (AvgIpc) is 2.30. The Bertz CT molecular complexity index is 437.